The van der Waals surface area contributed by atoms with Gasteiger partial charge >= 0.3 is 0 Å². The Kier molecular flexibility index (Phi) is 5.72. The molecule has 152 valence electrons. The third-order valence-corrected chi connectivity index (χ3v) is 6.05. The van der Waals surface area contributed by atoms with Crippen molar-refractivity contribution in [2.24, 2.45) is 5.73 Å². The third-order valence-electron chi connectivity index (χ3n) is 4.08. The first kappa shape index (κ1) is 20.0. The first-order valence-corrected chi connectivity index (χ1v) is 10.6. The van der Waals surface area contributed by atoms with Crippen LogP contribution in [0.15, 0.2) is 57.7 Å². The van der Waals surface area contributed by atoms with Crippen LogP contribution in [0, 0.1) is 5.82 Å². The second kappa shape index (κ2) is 8.59. The number of thioether (sulfide) groups is 1. The van der Waals surface area contributed by atoms with Gasteiger partial charge in [0.05, 0.1) is 16.7 Å². The van der Waals surface area contributed by atoms with Crippen LogP contribution in [0.5, 0.6) is 0 Å². The Labute approximate surface area is 178 Å². The molecule has 0 radical (unpaired) electrons. The van der Waals surface area contributed by atoms with E-state index >= 15 is 0 Å². The standard InChI is InChI=1S/C19H15FN6O2S2/c20-11-5-7-12(8-6-11)22-18-24-25-19(30-18)29-10-16-23-14-4-2-1-3-13(14)17(28)26(16)9-15(21)27/h1-8H,9-10H2,(H2,21,27)(H,22,24). The molecule has 4 aromatic rings. The molecule has 0 saturated carbocycles. The second-order valence-electron chi connectivity index (χ2n) is 6.20. The molecule has 3 N–H and O–H groups in total. The molecule has 8 nitrogen and oxygen atoms in total. The van der Waals surface area contributed by atoms with Crippen molar-refractivity contribution in [1.29, 1.82) is 0 Å². The van der Waals surface area contributed by atoms with Gasteiger partial charge in [-0.15, -0.1) is 10.2 Å². The van der Waals surface area contributed by atoms with E-state index in [1.54, 1.807) is 36.4 Å². The predicted octanol–water partition coefficient (Wildman–Crippen LogP) is 2.91. The van der Waals surface area contributed by atoms with E-state index in [1.807, 2.05) is 0 Å². The van der Waals surface area contributed by atoms with Gasteiger partial charge in [-0.2, -0.15) is 0 Å². The summed E-state index contributed by atoms with van der Waals surface area (Å²) in [5, 5.41) is 12.2. The van der Waals surface area contributed by atoms with E-state index in [1.165, 1.54) is 39.8 Å². The molecule has 0 aliphatic carbocycles. The number of halogens is 1. The topological polar surface area (TPSA) is 116 Å². The van der Waals surface area contributed by atoms with Crippen molar-refractivity contribution in [1.82, 2.24) is 19.7 Å². The van der Waals surface area contributed by atoms with Crippen LogP contribution in [0.1, 0.15) is 5.82 Å². The van der Waals surface area contributed by atoms with E-state index < -0.39 is 5.91 Å². The van der Waals surface area contributed by atoms with Crippen LogP contribution in [0.25, 0.3) is 10.9 Å². The van der Waals surface area contributed by atoms with Gasteiger partial charge in [-0.25, -0.2) is 9.37 Å². The lowest BCUT2D eigenvalue weighted by Crippen LogP contribution is -2.31. The molecular weight excluding hydrogens is 427 g/mol. The Bertz CT molecular complexity index is 1270. The number of nitrogens with two attached hydrogens (primary N) is 1. The van der Waals surface area contributed by atoms with Crippen LogP contribution in [0.3, 0.4) is 0 Å². The fourth-order valence-corrected chi connectivity index (χ4v) is 4.46. The van der Waals surface area contributed by atoms with Crippen molar-refractivity contribution >= 4 is 50.7 Å². The number of anilines is 2. The summed E-state index contributed by atoms with van der Waals surface area (Å²) in [6.45, 7) is -0.250. The number of nitrogens with zero attached hydrogens (tertiary/aromatic N) is 4. The Morgan fingerprint density at radius 1 is 1.17 bits per heavy atom. The number of primary amides is 1. The lowest BCUT2D eigenvalue weighted by atomic mass is 10.2. The van der Waals surface area contributed by atoms with Crippen molar-refractivity contribution in [2.45, 2.75) is 16.6 Å². The quantitative estimate of drug-likeness (QED) is 0.423. The van der Waals surface area contributed by atoms with Crippen molar-refractivity contribution in [2.75, 3.05) is 5.32 Å². The Hall–Kier alpha value is -3.31. The van der Waals surface area contributed by atoms with Crippen LogP contribution >= 0.6 is 23.1 Å². The third kappa shape index (κ3) is 4.47. The number of hydrogen-bond donors (Lipinski definition) is 2. The van der Waals surface area contributed by atoms with Crippen molar-refractivity contribution in [3.8, 4) is 0 Å². The summed E-state index contributed by atoms with van der Waals surface area (Å²) in [5.74, 6) is -0.217. The Balaban J connectivity index is 1.54. The van der Waals surface area contributed by atoms with Gasteiger partial charge in [-0.3, -0.25) is 14.2 Å². The number of para-hydroxylation sites is 1. The molecule has 0 fully saturated rings. The second-order valence-corrected chi connectivity index (χ2v) is 8.40. The largest absolute Gasteiger partial charge is 0.368 e. The zero-order chi connectivity index (χ0) is 21.1. The predicted molar refractivity (Wildman–Crippen MR) is 114 cm³/mol. The SMILES string of the molecule is NC(=O)Cn1c(CSc2nnc(Nc3ccc(F)cc3)s2)nc2ccccc2c1=O. The van der Waals surface area contributed by atoms with E-state index in [0.29, 0.717) is 37.6 Å². The maximum absolute atomic E-state index is 13.0. The summed E-state index contributed by atoms with van der Waals surface area (Å²) in [7, 11) is 0. The van der Waals surface area contributed by atoms with E-state index in [4.69, 9.17) is 5.73 Å². The van der Waals surface area contributed by atoms with Crippen molar-refractivity contribution in [3.05, 3.63) is 70.5 Å². The minimum absolute atomic E-state index is 0.250. The maximum Gasteiger partial charge on any atom is 0.261 e. The highest BCUT2D eigenvalue weighted by Gasteiger charge is 2.14. The summed E-state index contributed by atoms with van der Waals surface area (Å²) in [6, 6.07) is 12.8. The average Bonchev–Trinajstić information content (AvgIpc) is 3.18. The maximum atomic E-state index is 13.0. The van der Waals surface area contributed by atoms with Crippen LogP contribution in [0.4, 0.5) is 15.2 Å². The number of aromatic nitrogens is 4. The molecule has 11 heteroatoms. The summed E-state index contributed by atoms with van der Waals surface area (Å²) < 4.78 is 14.9. The molecule has 2 aromatic heterocycles. The number of benzene rings is 2. The molecule has 0 saturated heterocycles. The van der Waals surface area contributed by atoms with Gasteiger partial charge in [0, 0.05) is 5.69 Å². The van der Waals surface area contributed by atoms with E-state index in [2.05, 4.69) is 20.5 Å². The molecule has 0 aliphatic rings. The fraction of sp³-hybridized carbons (Fsp3) is 0.105. The lowest BCUT2D eigenvalue weighted by molar-refractivity contribution is -0.118. The number of fused-ring (bicyclic) bond motifs is 1. The molecule has 30 heavy (non-hydrogen) atoms. The molecule has 0 unspecified atom stereocenters. The number of nitrogens with one attached hydrogen (secondary N) is 1. The number of carbonyl (C=O) groups is 1. The fourth-order valence-electron chi connectivity index (χ4n) is 2.74. The summed E-state index contributed by atoms with van der Waals surface area (Å²) >= 11 is 2.64. The molecule has 0 bridgehead atoms. The average molecular weight is 443 g/mol. The van der Waals surface area contributed by atoms with Gasteiger partial charge < -0.3 is 11.1 Å². The normalized spacial score (nSPS) is 11.0. The van der Waals surface area contributed by atoms with Crippen molar-refractivity contribution in [3.63, 3.8) is 0 Å². The molecule has 0 aliphatic heterocycles. The number of hydrogen-bond acceptors (Lipinski definition) is 8. The molecule has 1 amide bonds. The van der Waals surface area contributed by atoms with E-state index in [-0.39, 0.29) is 17.9 Å². The summed E-state index contributed by atoms with van der Waals surface area (Å²) in [4.78, 5) is 28.8. The molecule has 2 aromatic carbocycles. The highest BCUT2D eigenvalue weighted by molar-refractivity contribution is 8.00. The van der Waals surface area contributed by atoms with Crippen LogP contribution in [0.2, 0.25) is 0 Å². The number of carbonyl (C=O) groups excluding carboxylic acids is 1. The van der Waals surface area contributed by atoms with Gasteiger partial charge in [0.15, 0.2) is 4.34 Å². The minimum Gasteiger partial charge on any atom is -0.368 e. The molecule has 4 rings (SSSR count). The van der Waals surface area contributed by atoms with Crippen LogP contribution < -0.4 is 16.6 Å². The van der Waals surface area contributed by atoms with Gasteiger partial charge in [0.1, 0.15) is 18.2 Å². The zero-order valence-corrected chi connectivity index (χ0v) is 17.0. The lowest BCUT2D eigenvalue weighted by Gasteiger charge is -2.11. The van der Waals surface area contributed by atoms with Gasteiger partial charge in [-0.1, -0.05) is 35.2 Å². The number of rotatable bonds is 7. The van der Waals surface area contributed by atoms with Crippen molar-refractivity contribution < 1.29 is 9.18 Å². The number of amides is 1. The highest BCUT2D eigenvalue weighted by atomic mass is 32.2. The van der Waals surface area contributed by atoms with Crippen LogP contribution in [-0.4, -0.2) is 25.7 Å². The zero-order valence-electron chi connectivity index (χ0n) is 15.4. The monoisotopic (exact) mass is 442 g/mol. The Morgan fingerprint density at radius 2 is 1.93 bits per heavy atom. The van der Waals surface area contributed by atoms with Gasteiger partial charge in [-0.05, 0) is 36.4 Å². The van der Waals surface area contributed by atoms with Crippen LogP contribution in [-0.2, 0) is 17.1 Å². The van der Waals surface area contributed by atoms with E-state index in [9.17, 15) is 14.0 Å². The Morgan fingerprint density at radius 3 is 2.70 bits per heavy atom. The molecule has 0 atom stereocenters. The summed E-state index contributed by atoms with van der Waals surface area (Å²) in [6.07, 6.45) is 0. The van der Waals surface area contributed by atoms with Gasteiger partial charge in [0.2, 0.25) is 11.0 Å². The molecule has 2 heterocycles. The highest BCUT2D eigenvalue weighted by Crippen LogP contribution is 2.29. The van der Waals surface area contributed by atoms with Gasteiger partial charge in [0.25, 0.3) is 5.56 Å². The summed E-state index contributed by atoms with van der Waals surface area (Å²) in [5.41, 5.74) is 6.24. The molecule has 0 spiro atoms. The van der Waals surface area contributed by atoms with E-state index in [0.717, 1.165) is 0 Å². The minimum atomic E-state index is -0.623. The smallest absolute Gasteiger partial charge is 0.261 e. The first-order chi connectivity index (χ1) is 14.5. The molecular formula is C19H15FN6O2S2. The first-order valence-electron chi connectivity index (χ1n) is 8.75.